The molecule has 1 N–H and O–H groups in total. The highest BCUT2D eigenvalue weighted by Crippen LogP contribution is 2.43. The van der Waals surface area contributed by atoms with Crippen LogP contribution in [0.25, 0.3) is 23.3 Å². The molecule has 1 amide bonds. The Morgan fingerprint density at radius 2 is 1.76 bits per heavy atom. The van der Waals surface area contributed by atoms with Gasteiger partial charge >= 0.3 is 0 Å². The van der Waals surface area contributed by atoms with Crippen LogP contribution in [0.2, 0.25) is 0 Å². The fourth-order valence-electron chi connectivity index (χ4n) is 7.04. The second-order valence-corrected chi connectivity index (χ2v) is 12.6. The first-order chi connectivity index (χ1) is 22.2. The Labute approximate surface area is 267 Å². The second kappa shape index (κ2) is 11.2. The summed E-state index contributed by atoms with van der Waals surface area (Å²) in [6.45, 7) is 4.72. The fourth-order valence-corrected chi connectivity index (χ4v) is 7.04. The van der Waals surface area contributed by atoms with Crippen LogP contribution in [-0.2, 0) is 21.5 Å². The Bertz CT molecular complexity index is 2020. The smallest absolute Gasteiger partial charge is 0.239 e. The third-order valence-corrected chi connectivity index (χ3v) is 9.52. The van der Waals surface area contributed by atoms with E-state index in [1.54, 1.807) is 12.3 Å². The molecule has 9 nitrogen and oxygen atoms in total. The van der Waals surface area contributed by atoms with Gasteiger partial charge in [0, 0.05) is 37.8 Å². The lowest BCUT2D eigenvalue weighted by molar-refractivity contribution is -0.126. The van der Waals surface area contributed by atoms with Crippen LogP contribution >= 0.6 is 0 Å². The molecule has 2 aliphatic carbocycles. The molecular weight excluding hydrogens is 576 g/mol. The van der Waals surface area contributed by atoms with Crippen molar-refractivity contribution in [2.24, 2.45) is 5.92 Å². The lowest BCUT2D eigenvalue weighted by Gasteiger charge is -2.42. The Morgan fingerprint density at radius 1 is 1.00 bits per heavy atom. The van der Waals surface area contributed by atoms with Gasteiger partial charge in [0.2, 0.25) is 5.91 Å². The number of hydrogen-bond acceptors (Lipinski definition) is 8. The molecule has 0 bridgehead atoms. The average molecular weight is 613 g/mol. The predicted octanol–water partition coefficient (Wildman–Crippen LogP) is 3.04. The maximum atomic E-state index is 14.2. The van der Waals surface area contributed by atoms with E-state index in [2.05, 4.69) is 44.5 Å². The number of fused-ring (bicyclic) bond motifs is 6. The summed E-state index contributed by atoms with van der Waals surface area (Å²) in [6, 6.07) is 20.0. The van der Waals surface area contributed by atoms with Crippen molar-refractivity contribution in [1.29, 1.82) is 0 Å². The number of benzene rings is 3. The first kappa shape index (κ1) is 29.4. The number of rotatable bonds is 7. The number of nitrogens with one attached hydrogen (secondary N) is 1. The van der Waals surface area contributed by atoms with Crippen molar-refractivity contribution >= 4 is 46.8 Å². The summed E-state index contributed by atoms with van der Waals surface area (Å²) in [6.07, 6.45) is 7.57. The SMILES string of the molecule is CC1C=c2c(ccc3c2=CC(=O)c2ccccc2-3)C(C)(N2CN(CC(=O)NCCc3ccc(N(C)C)cc3)c3cncnc32)C1=O. The van der Waals surface area contributed by atoms with Crippen molar-refractivity contribution in [3.05, 3.63) is 100 Å². The second-order valence-electron chi connectivity index (χ2n) is 12.6. The number of hydrogen-bond donors (Lipinski definition) is 1. The van der Waals surface area contributed by atoms with Crippen molar-refractivity contribution in [2.75, 3.05) is 48.6 Å². The van der Waals surface area contributed by atoms with Crippen LogP contribution in [0.1, 0.15) is 35.3 Å². The van der Waals surface area contributed by atoms with Crippen molar-refractivity contribution in [3.8, 4) is 11.1 Å². The summed E-state index contributed by atoms with van der Waals surface area (Å²) < 4.78 is 0. The zero-order chi connectivity index (χ0) is 32.2. The molecule has 2 unspecified atom stereocenters. The van der Waals surface area contributed by atoms with E-state index in [0.29, 0.717) is 23.6 Å². The predicted molar refractivity (Wildman–Crippen MR) is 180 cm³/mol. The first-order valence-corrected chi connectivity index (χ1v) is 15.6. The van der Waals surface area contributed by atoms with E-state index in [0.717, 1.165) is 44.8 Å². The Kier molecular flexibility index (Phi) is 7.19. The van der Waals surface area contributed by atoms with Crippen LogP contribution in [0.4, 0.5) is 17.2 Å². The van der Waals surface area contributed by atoms with Gasteiger partial charge in [0.1, 0.15) is 17.6 Å². The quantitative estimate of drug-likeness (QED) is 0.340. The van der Waals surface area contributed by atoms with Gasteiger partial charge in [0.15, 0.2) is 17.4 Å². The largest absolute Gasteiger partial charge is 0.378 e. The number of carbonyl (C=O) groups is 3. The highest BCUT2D eigenvalue weighted by Gasteiger charge is 2.50. The lowest BCUT2D eigenvalue weighted by atomic mass is 9.73. The summed E-state index contributed by atoms with van der Waals surface area (Å²) in [4.78, 5) is 55.4. The molecule has 2 heterocycles. The van der Waals surface area contributed by atoms with Gasteiger partial charge in [-0.05, 0) is 64.2 Å². The summed E-state index contributed by atoms with van der Waals surface area (Å²) in [5.74, 6) is 0.0587. The molecule has 7 rings (SSSR count). The zero-order valence-electron chi connectivity index (χ0n) is 26.4. The van der Waals surface area contributed by atoms with Crippen molar-refractivity contribution in [1.82, 2.24) is 15.3 Å². The topological polar surface area (TPSA) is 98.7 Å². The molecule has 3 aliphatic rings. The van der Waals surface area contributed by atoms with Gasteiger partial charge in [0.25, 0.3) is 0 Å². The van der Waals surface area contributed by atoms with E-state index in [4.69, 9.17) is 0 Å². The van der Waals surface area contributed by atoms with Gasteiger partial charge in [0.05, 0.1) is 19.4 Å². The standard InChI is InChI=1S/C37H36N6O3/c1-23-17-30-29-18-33(44)28-8-6-5-7-26(28)27(29)13-14-31(30)37(2,35(23)46)43-22-42(32-19-38-21-40-36(32)43)20-34(45)39-16-15-24-9-11-25(12-10-24)41(3)4/h5-14,17-19,21,23H,15-16,20,22H2,1-4H3,(H,39,45). The van der Waals surface area contributed by atoms with E-state index in [9.17, 15) is 14.4 Å². The summed E-state index contributed by atoms with van der Waals surface area (Å²) in [5.41, 5.74) is 5.24. The monoisotopic (exact) mass is 612 g/mol. The van der Waals surface area contributed by atoms with Gasteiger partial charge < -0.3 is 20.0 Å². The van der Waals surface area contributed by atoms with Crippen molar-refractivity contribution < 1.29 is 14.4 Å². The number of aromatic nitrogens is 2. The molecule has 3 aromatic carbocycles. The fraction of sp³-hybridized carbons (Fsp3) is 0.270. The number of carbonyl (C=O) groups excluding carboxylic acids is 3. The summed E-state index contributed by atoms with van der Waals surface area (Å²) in [7, 11) is 4.01. The van der Waals surface area contributed by atoms with Gasteiger partial charge in [-0.1, -0.05) is 61.5 Å². The van der Waals surface area contributed by atoms with Crippen molar-refractivity contribution in [2.45, 2.75) is 25.8 Å². The number of Topliss-reactive ketones (excluding diaryl/α,β-unsaturated/α-hetero) is 2. The molecule has 9 heteroatoms. The van der Waals surface area contributed by atoms with Crippen LogP contribution in [0.3, 0.4) is 0 Å². The molecule has 1 aromatic heterocycles. The van der Waals surface area contributed by atoms with E-state index >= 15 is 0 Å². The molecule has 232 valence electrons. The van der Waals surface area contributed by atoms with Crippen LogP contribution in [-0.4, -0.2) is 61.3 Å². The highest BCUT2D eigenvalue weighted by atomic mass is 16.2. The van der Waals surface area contributed by atoms with Crippen LogP contribution in [0, 0.1) is 5.92 Å². The van der Waals surface area contributed by atoms with Crippen LogP contribution < -0.4 is 30.5 Å². The number of nitrogens with zero attached hydrogens (tertiary/aromatic N) is 5. The van der Waals surface area contributed by atoms with E-state index in [1.807, 2.05) is 80.2 Å². The molecule has 0 saturated heterocycles. The minimum Gasteiger partial charge on any atom is -0.378 e. The molecule has 0 fully saturated rings. The molecule has 0 saturated carbocycles. The van der Waals surface area contributed by atoms with E-state index < -0.39 is 11.5 Å². The third kappa shape index (κ3) is 4.74. The van der Waals surface area contributed by atoms with Crippen LogP contribution in [0.15, 0.2) is 73.2 Å². The van der Waals surface area contributed by atoms with E-state index in [1.165, 1.54) is 6.33 Å². The molecule has 0 spiro atoms. The minimum atomic E-state index is -1.10. The normalized spacial score (nSPS) is 19.3. The Balaban J connectivity index is 1.17. The maximum absolute atomic E-state index is 14.2. The zero-order valence-corrected chi connectivity index (χ0v) is 26.4. The molecule has 1 aliphatic heterocycles. The third-order valence-electron chi connectivity index (χ3n) is 9.52. The minimum absolute atomic E-state index is 0.0265. The number of anilines is 3. The molecule has 0 radical (unpaired) electrons. The van der Waals surface area contributed by atoms with Crippen LogP contribution in [0.5, 0.6) is 0 Å². The highest BCUT2D eigenvalue weighted by molar-refractivity contribution is 6.22. The number of amides is 1. The summed E-state index contributed by atoms with van der Waals surface area (Å²) >= 11 is 0. The maximum Gasteiger partial charge on any atom is 0.239 e. The first-order valence-electron chi connectivity index (χ1n) is 15.6. The molecule has 4 aromatic rings. The lowest BCUT2D eigenvalue weighted by Crippen LogP contribution is -2.59. The Morgan fingerprint density at radius 3 is 2.52 bits per heavy atom. The van der Waals surface area contributed by atoms with Gasteiger partial charge in [-0.15, -0.1) is 0 Å². The average Bonchev–Trinajstić information content (AvgIpc) is 3.42. The number of ketones is 2. The summed E-state index contributed by atoms with van der Waals surface area (Å²) in [5, 5.41) is 4.77. The van der Waals surface area contributed by atoms with E-state index in [-0.39, 0.29) is 30.7 Å². The van der Waals surface area contributed by atoms with Gasteiger partial charge in [-0.3, -0.25) is 14.4 Å². The molecular formula is C37H36N6O3. The Hall–Kier alpha value is -5.31. The van der Waals surface area contributed by atoms with Crippen molar-refractivity contribution in [3.63, 3.8) is 0 Å². The molecule has 46 heavy (non-hydrogen) atoms. The molecule has 2 atom stereocenters. The van der Waals surface area contributed by atoms with Gasteiger partial charge in [-0.2, -0.15) is 0 Å². The van der Waals surface area contributed by atoms with Gasteiger partial charge in [-0.25, -0.2) is 9.97 Å².